The number of hydrogen-bond acceptors (Lipinski definition) is 2. The zero-order valence-corrected chi connectivity index (χ0v) is 17.3. The minimum atomic E-state index is -0.0538. The second-order valence-electron chi connectivity index (χ2n) is 8.52. The molecule has 4 rings (SSSR count). The molecule has 0 bridgehead atoms. The van der Waals surface area contributed by atoms with E-state index in [1.165, 1.54) is 33.6 Å². The van der Waals surface area contributed by atoms with Crippen molar-refractivity contribution in [1.29, 1.82) is 0 Å². The normalized spacial score (nSPS) is 21.1. The van der Waals surface area contributed by atoms with Gasteiger partial charge in [0, 0.05) is 22.8 Å². The van der Waals surface area contributed by atoms with E-state index in [2.05, 4.69) is 111 Å². The lowest BCUT2D eigenvalue weighted by atomic mass is 9.67. The Balaban J connectivity index is 1.88. The Kier molecular flexibility index (Phi) is 4.89. The molecule has 1 heterocycles. The van der Waals surface area contributed by atoms with Crippen LogP contribution in [0.5, 0.6) is 0 Å². The highest BCUT2D eigenvalue weighted by Crippen LogP contribution is 2.49. The van der Waals surface area contributed by atoms with Gasteiger partial charge < -0.3 is 10.6 Å². The van der Waals surface area contributed by atoms with Crippen molar-refractivity contribution in [1.82, 2.24) is 0 Å². The van der Waals surface area contributed by atoms with E-state index >= 15 is 0 Å². The number of rotatable bonds is 4. The number of benzene rings is 3. The minimum Gasteiger partial charge on any atom is -0.383 e. The van der Waals surface area contributed by atoms with Crippen molar-refractivity contribution in [2.45, 2.75) is 51.6 Å². The van der Waals surface area contributed by atoms with Crippen molar-refractivity contribution >= 4 is 11.4 Å². The summed E-state index contributed by atoms with van der Waals surface area (Å²) < 4.78 is 0. The molecule has 144 valence electrons. The molecule has 0 saturated heterocycles. The molecule has 0 fully saturated rings. The Morgan fingerprint density at radius 1 is 0.964 bits per heavy atom. The van der Waals surface area contributed by atoms with Crippen LogP contribution in [-0.4, -0.2) is 6.04 Å². The molecule has 3 aromatic carbocycles. The largest absolute Gasteiger partial charge is 0.383 e. The molecule has 0 aliphatic carbocycles. The topological polar surface area (TPSA) is 24.1 Å². The van der Waals surface area contributed by atoms with Gasteiger partial charge in [0.1, 0.15) is 0 Å². The van der Waals surface area contributed by atoms with Gasteiger partial charge in [0.2, 0.25) is 0 Å². The molecule has 2 N–H and O–H groups in total. The quantitative estimate of drug-likeness (QED) is 0.535. The molecule has 0 radical (unpaired) electrons. The van der Waals surface area contributed by atoms with E-state index in [1.54, 1.807) is 0 Å². The standard InChI is InChI=1S/C26H30N2/c1-18(2)27-22-15-19(3)25-23(16-22)26(4,21-13-9-6-10-14-21)17-24(28-25)20-11-7-5-8-12-20/h5-16,18,24,27-28H,17H2,1-4H3. The van der Waals surface area contributed by atoms with E-state index in [9.17, 15) is 0 Å². The first-order valence-corrected chi connectivity index (χ1v) is 10.3. The van der Waals surface area contributed by atoms with E-state index in [0.29, 0.717) is 12.1 Å². The molecule has 0 spiro atoms. The summed E-state index contributed by atoms with van der Waals surface area (Å²) in [6.45, 7) is 9.00. The maximum absolute atomic E-state index is 3.86. The van der Waals surface area contributed by atoms with Gasteiger partial charge in [-0.2, -0.15) is 0 Å². The van der Waals surface area contributed by atoms with Crippen LogP contribution in [0.4, 0.5) is 11.4 Å². The lowest BCUT2D eigenvalue weighted by molar-refractivity contribution is 0.459. The maximum atomic E-state index is 3.86. The first-order valence-electron chi connectivity index (χ1n) is 10.3. The van der Waals surface area contributed by atoms with Crippen molar-refractivity contribution in [3.63, 3.8) is 0 Å². The number of nitrogens with one attached hydrogen (secondary N) is 2. The molecule has 2 heteroatoms. The van der Waals surface area contributed by atoms with Crippen LogP contribution >= 0.6 is 0 Å². The molecule has 2 unspecified atom stereocenters. The predicted octanol–water partition coefficient (Wildman–Crippen LogP) is 6.68. The number of anilines is 2. The Morgan fingerprint density at radius 3 is 2.25 bits per heavy atom. The zero-order valence-electron chi connectivity index (χ0n) is 17.3. The van der Waals surface area contributed by atoms with Crippen LogP contribution in [0.25, 0.3) is 0 Å². The Labute approximate surface area is 169 Å². The van der Waals surface area contributed by atoms with Gasteiger partial charge in [-0.15, -0.1) is 0 Å². The molecule has 0 saturated carbocycles. The fourth-order valence-electron chi connectivity index (χ4n) is 4.54. The van der Waals surface area contributed by atoms with E-state index in [4.69, 9.17) is 0 Å². The molecule has 2 atom stereocenters. The SMILES string of the molecule is Cc1cc(NC(C)C)cc2c1NC(c1ccccc1)CC2(C)c1ccccc1. The molecular formula is C26H30N2. The van der Waals surface area contributed by atoms with Crippen LogP contribution in [0, 0.1) is 6.92 Å². The van der Waals surface area contributed by atoms with E-state index in [1.807, 2.05) is 0 Å². The Bertz CT molecular complexity index is 947. The summed E-state index contributed by atoms with van der Waals surface area (Å²) in [5.74, 6) is 0. The number of aryl methyl sites for hydroxylation is 1. The van der Waals surface area contributed by atoms with Crippen LogP contribution < -0.4 is 10.6 Å². The van der Waals surface area contributed by atoms with E-state index in [0.717, 1.165) is 6.42 Å². The zero-order chi connectivity index (χ0) is 19.7. The van der Waals surface area contributed by atoms with Gasteiger partial charge in [0.05, 0.1) is 6.04 Å². The van der Waals surface area contributed by atoms with Crippen molar-refractivity contribution in [2.24, 2.45) is 0 Å². The predicted molar refractivity (Wildman–Crippen MR) is 120 cm³/mol. The lowest BCUT2D eigenvalue weighted by Gasteiger charge is -2.43. The molecule has 1 aliphatic rings. The number of hydrogen-bond donors (Lipinski definition) is 2. The van der Waals surface area contributed by atoms with E-state index < -0.39 is 0 Å². The van der Waals surface area contributed by atoms with Crippen molar-refractivity contribution in [3.05, 3.63) is 95.1 Å². The summed E-state index contributed by atoms with van der Waals surface area (Å²) >= 11 is 0. The fraction of sp³-hybridized carbons (Fsp3) is 0.308. The summed E-state index contributed by atoms with van der Waals surface area (Å²) in [7, 11) is 0. The molecular weight excluding hydrogens is 340 g/mol. The smallest absolute Gasteiger partial charge is 0.0525 e. The maximum Gasteiger partial charge on any atom is 0.0525 e. The highest BCUT2D eigenvalue weighted by Gasteiger charge is 2.39. The molecule has 2 nitrogen and oxygen atoms in total. The Hall–Kier alpha value is -2.74. The summed E-state index contributed by atoms with van der Waals surface area (Å²) in [6, 6.07) is 27.1. The third kappa shape index (κ3) is 3.40. The van der Waals surface area contributed by atoms with Gasteiger partial charge in [-0.05, 0) is 61.6 Å². The average molecular weight is 371 g/mol. The first-order chi connectivity index (χ1) is 13.5. The third-order valence-corrected chi connectivity index (χ3v) is 5.93. The van der Waals surface area contributed by atoms with Gasteiger partial charge >= 0.3 is 0 Å². The van der Waals surface area contributed by atoms with Crippen molar-refractivity contribution in [3.8, 4) is 0 Å². The highest BCUT2D eigenvalue weighted by molar-refractivity contribution is 5.71. The van der Waals surface area contributed by atoms with Gasteiger partial charge in [-0.25, -0.2) is 0 Å². The second kappa shape index (κ2) is 7.35. The van der Waals surface area contributed by atoms with Crippen LogP contribution in [-0.2, 0) is 5.41 Å². The van der Waals surface area contributed by atoms with Gasteiger partial charge in [0.15, 0.2) is 0 Å². The van der Waals surface area contributed by atoms with E-state index in [-0.39, 0.29) is 5.41 Å². The fourth-order valence-corrected chi connectivity index (χ4v) is 4.54. The minimum absolute atomic E-state index is 0.0538. The van der Waals surface area contributed by atoms with Crippen LogP contribution in [0.1, 0.15) is 55.5 Å². The number of fused-ring (bicyclic) bond motifs is 1. The van der Waals surface area contributed by atoms with Gasteiger partial charge in [-0.3, -0.25) is 0 Å². The molecule has 3 aromatic rings. The summed E-state index contributed by atoms with van der Waals surface area (Å²) in [5, 5.41) is 7.46. The summed E-state index contributed by atoms with van der Waals surface area (Å²) in [5.41, 5.74) is 7.83. The summed E-state index contributed by atoms with van der Waals surface area (Å²) in [4.78, 5) is 0. The van der Waals surface area contributed by atoms with Crippen LogP contribution in [0.15, 0.2) is 72.8 Å². The highest BCUT2D eigenvalue weighted by atomic mass is 15.0. The van der Waals surface area contributed by atoms with Gasteiger partial charge in [0.25, 0.3) is 0 Å². The molecule has 0 aromatic heterocycles. The van der Waals surface area contributed by atoms with Crippen molar-refractivity contribution < 1.29 is 0 Å². The van der Waals surface area contributed by atoms with Crippen LogP contribution in [0.2, 0.25) is 0 Å². The molecule has 28 heavy (non-hydrogen) atoms. The van der Waals surface area contributed by atoms with Gasteiger partial charge in [-0.1, -0.05) is 67.6 Å². The third-order valence-electron chi connectivity index (χ3n) is 5.93. The first kappa shape index (κ1) is 18.6. The lowest BCUT2D eigenvalue weighted by Crippen LogP contribution is -2.35. The average Bonchev–Trinajstić information content (AvgIpc) is 2.69. The molecule has 0 amide bonds. The Morgan fingerprint density at radius 2 is 1.61 bits per heavy atom. The summed E-state index contributed by atoms with van der Waals surface area (Å²) in [6.07, 6.45) is 1.03. The molecule has 1 aliphatic heterocycles. The van der Waals surface area contributed by atoms with Crippen molar-refractivity contribution in [2.75, 3.05) is 10.6 Å². The second-order valence-corrected chi connectivity index (χ2v) is 8.52. The van der Waals surface area contributed by atoms with Crippen LogP contribution in [0.3, 0.4) is 0 Å². The monoisotopic (exact) mass is 370 g/mol.